The number of nitrogens with one attached hydrogen (secondary N) is 1. The average molecular weight is 474 g/mol. The van der Waals surface area contributed by atoms with Gasteiger partial charge in [-0.2, -0.15) is 9.78 Å². The monoisotopic (exact) mass is 472 g/mol. The van der Waals surface area contributed by atoms with Crippen LogP contribution in [0.15, 0.2) is 77.9 Å². The lowest BCUT2D eigenvalue weighted by atomic mass is 10.2. The van der Waals surface area contributed by atoms with Gasteiger partial charge in [-0.1, -0.05) is 59.1 Å². The van der Waals surface area contributed by atoms with Crippen molar-refractivity contribution in [1.82, 2.24) is 14.8 Å². The van der Waals surface area contributed by atoms with Crippen LogP contribution in [0.3, 0.4) is 0 Å². The Hall–Kier alpha value is -3.06. The number of ether oxygens (including phenoxy) is 1. The van der Waals surface area contributed by atoms with Crippen LogP contribution in [-0.4, -0.2) is 14.8 Å². The molecule has 1 N–H and O–H groups in total. The van der Waals surface area contributed by atoms with E-state index in [0.717, 1.165) is 16.0 Å². The summed E-state index contributed by atoms with van der Waals surface area (Å²) in [6.45, 7) is 0.503. The maximum absolute atomic E-state index is 12.2. The molecule has 4 aromatic rings. The van der Waals surface area contributed by atoms with Gasteiger partial charge in [0.05, 0.1) is 27.6 Å². The number of benzene rings is 2. The van der Waals surface area contributed by atoms with E-state index in [-0.39, 0.29) is 10.0 Å². The van der Waals surface area contributed by atoms with E-state index in [2.05, 4.69) is 15.4 Å². The van der Waals surface area contributed by atoms with E-state index < -0.39 is 5.56 Å². The minimum atomic E-state index is -0.519. The Kier molecular flexibility index (Phi) is 6.42. The highest BCUT2D eigenvalue weighted by molar-refractivity contribution is 6.41. The molecule has 0 bridgehead atoms. The number of halogens is 3. The van der Waals surface area contributed by atoms with Crippen LogP contribution < -0.4 is 15.6 Å². The molecule has 0 atom stereocenters. The molecule has 31 heavy (non-hydrogen) atoms. The van der Waals surface area contributed by atoms with Crippen molar-refractivity contribution in [3.63, 3.8) is 0 Å². The lowest BCUT2D eigenvalue weighted by molar-refractivity contribution is 0.462. The van der Waals surface area contributed by atoms with Crippen molar-refractivity contribution < 1.29 is 4.74 Å². The van der Waals surface area contributed by atoms with Gasteiger partial charge in [0.15, 0.2) is 0 Å². The van der Waals surface area contributed by atoms with Crippen LogP contribution in [-0.2, 0) is 6.54 Å². The molecular weight excluding hydrogens is 459 g/mol. The Bertz CT molecular complexity index is 1260. The van der Waals surface area contributed by atoms with Gasteiger partial charge in [-0.05, 0) is 35.9 Å². The zero-order valence-electron chi connectivity index (χ0n) is 15.9. The van der Waals surface area contributed by atoms with Crippen molar-refractivity contribution in [2.45, 2.75) is 6.54 Å². The van der Waals surface area contributed by atoms with Crippen molar-refractivity contribution in [3.05, 3.63) is 104 Å². The van der Waals surface area contributed by atoms with E-state index in [4.69, 9.17) is 39.5 Å². The molecule has 9 heteroatoms. The highest BCUT2D eigenvalue weighted by Gasteiger charge is 2.11. The molecule has 4 rings (SSSR count). The lowest BCUT2D eigenvalue weighted by Gasteiger charge is -2.11. The van der Waals surface area contributed by atoms with Crippen LogP contribution in [0.25, 0.3) is 5.69 Å². The Balaban J connectivity index is 1.43. The zero-order chi connectivity index (χ0) is 21.8. The summed E-state index contributed by atoms with van der Waals surface area (Å²) in [5.41, 5.74) is 1.60. The fourth-order valence-electron chi connectivity index (χ4n) is 2.76. The van der Waals surface area contributed by atoms with Crippen molar-refractivity contribution in [3.8, 4) is 17.3 Å². The molecule has 0 fully saturated rings. The van der Waals surface area contributed by atoms with E-state index in [9.17, 15) is 4.79 Å². The molecule has 0 radical (unpaired) electrons. The molecule has 0 saturated heterocycles. The van der Waals surface area contributed by atoms with Crippen molar-refractivity contribution in [1.29, 1.82) is 0 Å². The third-order valence-electron chi connectivity index (χ3n) is 4.32. The van der Waals surface area contributed by atoms with Gasteiger partial charge in [-0.15, -0.1) is 0 Å². The van der Waals surface area contributed by atoms with Gasteiger partial charge in [-0.25, -0.2) is 4.98 Å². The highest BCUT2D eigenvalue weighted by atomic mass is 35.5. The fourth-order valence-corrected chi connectivity index (χ4v) is 3.25. The van der Waals surface area contributed by atoms with Crippen LogP contribution in [0, 0.1) is 0 Å². The molecule has 0 unspecified atom stereocenters. The predicted octanol–water partition coefficient (Wildman–Crippen LogP) is 5.99. The first-order valence-corrected chi connectivity index (χ1v) is 10.3. The molecule has 2 heterocycles. The highest BCUT2D eigenvalue weighted by Crippen LogP contribution is 2.26. The average Bonchev–Trinajstić information content (AvgIpc) is 2.78. The fraction of sp³-hybridized carbons (Fsp3) is 0.0455. The van der Waals surface area contributed by atoms with Gasteiger partial charge < -0.3 is 10.1 Å². The number of nitrogens with zero attached hydrogens (tertiary/aromatic N) is 3. The second-order valence-electron chi connectivity index (χ2n) is 6.46. The Morgan fingerprint density at radius 2 is 1.74 bits per heavy atom. The number of para-hydroxylation sites is 1. The topological polar surface area (TPSA) is 69.0 Å². The van der Waals surface area contributed by atoms with Crippen LogP contribution >= 0.6 is 34.8 Å². The first-order chi connectivity index (χ1) is 15.0. The molecule has 0 saturated carbocycles. The summed E-state index contributed by atoms with van der Waals surface area (Å²) >= 11 is 18.1. The first kappa shape index (κ1) is 21.2. The summed E-state index contributed by atoms with van der Waals surface area (Å²) in [7, 11) is 0. The van der Waals surface area contributed by atoms with Crippen molar-refractivity contribution in [2.24, 2.45) is 0 Å². The summed E-state index contributed by atoms with van der Waals surface area (Å²) in [5, 5.41) is 7.67. The maximum atomic E-state index is 12.2. The molecule has 0 aliphatic carbocycles. The number of hydrogen-bond donors (Lipinski definition) is 1. The summed E-state index contributed by atoms with van der Waals surface area (Å²) in [4.78, 5) is 16.6. The van der Waals surface area contributed by atoms with Gasteiger partial charge in [-0.3, -0.25) is 4.79 Å². The van der Waals surface area contributed by atoms with E-state index in [0.29, 0.717) is 28.8 Å². The van der Waals surface area contributed by atoms with Gasteiger partial charge in [0, 0.05) is 18.8 Å². The molecule has 156 valence electrons. The number of anilines is 1. The molecule has 0 aliphatic rings. The van der Waals surface area contributed by atoms with Gasteiger partial charge in [0.2, 0.25) is 5.88 Å². The van der Waals surface area contributed by atoms with Gasteiger partial charge in [0.25, 0.3) is 5.56 Å². The third-order valence-corrected chi connectivity index (χ3v) is 5.38. The molecule has 2 aromatic heterocycles. The molecule has 0 aliphatic heterocycles. The third kappa shape index (κ3) is 4.99. The van der Waals surface area contributed by atoms with Crippen LogP contribution in [0.1, 0.15) is 5.56 Å². The minimum absolute atomic E-state index is 0.0952. The normalized spacial score (nSPS) is 10.7. The quantitative estimate of drug-likeness (QED) is 0.372. The Morgan fingerprint density at radius 3 is 2.45 bits per heavy atom. The molecule has 0 spiro atoms. The minimum Gasteiger partial charge on any atom is -0.439 e. The number of hydrogen-bond acceptors (Lipinski definition) is 5. The summed E-state index contributed by atoms with van der Waals surface area (Å²) in [6.07, 6.45) is 3.04. The molecule has 2 aromatic carbocycles. The maximum Gasteiger partial charge on any atom is 0.291 e. The molecule has 6 nitrogen and oxygen atoms in total. The van der Waals surface area contributed by atoms with Crippen LogP contribution in [0.4, 0.5) is 5.69 Å². The number of aromatic nitrogens is 3. The first-order valence-electron chi connectivity index (χ1n) is 9.16. The Morgan fingerprint density at radius 1 is 0.935 bits per heavy atom. The smallest absolute Gasteiger partial charge is 0.291 e. The summed E-state index contributed by atoms with van der Waals surface area (Å²) in [6, 6.07) is 18.3. The van der Waals surface area contributed by atoms with E-state index in [1.54, 1.807) is 30.5 Å². The van der Waals surface area contributed by atoms with Gasteiger partial charge in [0.1, 0.15) is 10.8 Å². The number of rotatable bonds is 6. The molecular formula is C22H15Cl3N4O2. The Labute approximate surface area is 193 Å². The standard InChI is InChI=1S/C22H15Cl3N4O2/c23-17-10-15(29-22(30)21(25)18(24)13-28-29)7-8-19(17)26-11-14-6-9-20(27-12-14)31-16-4-2-1-3-5-16/h1-10,12-13,26H,11H2. The predicted molar refractivity (Wildman–Crippen MR) is 123 cm³/mol. The van der Waals surface area contributed by atoms with Gasteiger partial charge >= 0.3 is 0 Å². The van der Waals surface area contributed by atoms with Crippen LogP contribution in [0.2, 0.25) is 15.1 Å². The second kappa shape index (κ2) is 9.39. The summed E-state index contributed by atoms with van der Waals surface area (Å²) in [5.74, 6) is 1.24. The largest absolute Gasteiger partial charge is 0.439 e. The van der Waals surface area contributed by atoms with E-state index >= 15 is 0 Å². The SMILES string of the molecule is O=c1c(Cl)c(Cl)cnn1-c1ccc(NCc2ccc(Oc3ccccc3)nc2)c(Cl)c1. The number of pyridine rings is 1. The van der Waals surface area contributed by atoms with Crippen molar-refractivity contribution in [2.75, 3.05) is 5.32 Å². The van der Waals surface area contributed by atoms with E-state index in [1.807, 2.05) is 36.4 Å². The summed E-state index contributed by atoms with van der Waals surface area (Å²) < 4.78 is 6.83. The zero-order valence-corrected chi connectivity index (χ0v) is 18.2. The lowest BCUT2D eigenvalue weighted by Crippen LogP contribution is -2.21. The van der Waals surface area contributed by atoms with Crippen molar-refractivity contribution >= 4 is 40.5 Å². The molecule has 0 amide bonds. The van der Waals surface area contributed by atoms with E-state index in [1.165, 1.54) is 6.20 Å². The van der Waals surface area contributed by atoms with Crippen LogP contribution in [0.5, 0.6) is 11.6 Å². The second-order valence-corrected chi connectivity index (χ2v) is 7.65.